The van der Waals surface area contributed by atoms with E-state index in [0.717, 1.165) is 35.9 Å². The number of nitrogens with one attached hydrogen (secondary N) is 2. The van der Waals surface area contributed by atoms with Crippen LogP contribution in [0.4, 0.5) is 0 Å². The molecule has 2 N–H and O–H groups in total. The molecular formula is C26H28N4O4. The van der Waals surface area contributed by atoms with E-state index in [4.69, 9.17) is 4.42 Å². The number of amides is 3. The van der Waals surface area contributed by atoms with Crippen molar-refractivity contribution in [2.24, 2.45) is 0 Å². The number of carbonyl (C=O) groups is 3. The Hall–Kier alpha value is -3.68. The van der Waals surface area contributed by atoms with Gasteiger partial charge in [0.15, 0.2) is 5.58 Å². The van der Waals surface area contributed by atoms with Gasteiger partial charge in [-0.05, 0) is 62.1 Å². The fourth-order valence-corrected chi connectivity index (χ4v) is 4.90. The first kappa shape index (κ1) is 22.1. The molecule has 2 heterocycles. The summed E-state index contributed by atoms with van der Waals surface area (Å²) in [4.78, 5) is 43.0. The first-order valence-corrected chi connectivity index (χ1v) is 11.8. The van der Waals surface area contributed by atoms with Gasteiger partial charge in [-0.2, -0.15) is 0 Å². The third-order valence-corrected chi connectivity index (χ3v) is 6.83. The maximum Gasteiger partial charge on any atom is 0.253 e. The van der Waals surface area contributed by atoms with Gasteiger partial charge in [0.25, 0.3) is 5.91 Å². The van der Waals surface area contributed by atoms with E-state index in [0.29, 0.717) is 30.7 Å². The van der Waals surface area contributed by atoms with Crippen LogP contribution in [-0.4, -0.2) is 52.8 Å². The molecule has 1 aliphatic heterocycles. The van der Waals surface area contributed by atoms with Crippen molar-refractivity contribution in [1.82, 2.24) is 20.5 Å². The maximum atomic E-state index is 13.1. The van der Waals surface area contributed by atoms with Crippen LogP contribution in [0.15, 0.2) is 52.9 Å². The maximum absolute atomic E-state index is 13.1. The van der Waals surface area contributed by atoms with Crippen molar-refractivity contribution in [2.75, 3.05) is 7.05 Å². The normalized spacial score (nSPS) is 22.0. The standard InChI is InChI=1S/C26H28N4O4/c1-30(20-12-10-18(14-20)28-24(32)15-19-11-13-23(31)27-19)26(33)17-8-6-16(7-9-17)25-29-21-4-2-3-5-22(21)34-25/h2-9,18-20H,10-15H2,1H3,(H,27,31)(H,28,32)/t18-,19-,20+/m0/s1. The number of rotatable bonds is 6. The largest absolute Gasteiger partial charge is 0.436 e. The SMILES string of the molecule is CN(C(=O)c1ccc(-c2nc3ccccc3o2)cc1)[C@@H]1CC[C@H](NC(=O)C[C@@H]2CCC(=O)N2)C1. The van der Waals surface area contributed by atoms with Crippen molar-refractivity contribution in [2.45, 2.75) is 56.7 Å². The first-order valence-electron chi connectivity index (χ1n) is 11.8. The number of nitrogens with zero attached hydrogens (tertiary/aromatic N) is 2. The highest BCUT2D eigenvalue weighted by atomic mass is 16.3. The number of hydrogen-bond acceptors (Lipinski definition) is 5. The molecule has 176 valence electrons. The number of aromatic nitrogens is 1. The van der Waals surface area contributed by atoms with Crippen LogP contribution in [-0.2, 0) is 9.59 Å². The molecule has 3 aromatic rings. The summed E-state index contributed by atoms with van der Waals surface area (Å²) in [7, 11) is 1.82. The Morgan fingerprint density at radius 1 is 1.12 bits per heavy atom. The molecule has 34 heavy (non-hydrogen) atoms. The van der Waals surface area contributed by atoms with Crippen LogP contribution in [0.2, 0.25) is 0 Å². The summed E-state index contributed by atoms with van der Waals surface area (Å²) in [5.41, 5.74) is 2.95. The minimum Gasteiger partial charge on any atom is -0.436 e. The van der Waals surface area contributed by atoms with Crippen LogP contribution in [0.3, 0.4) is 0 Å². The average molecular weight is 461 g/mol. The van der Waals surface area contributed by atoms with Crippen molar-refractivity contribution < 1.29 is 18.8 Å². The summed E-state index contributed by atoms with van der Waals surface area (Å²) in [5.74, 6) is 0.456. The van der Waals surface area contributed by atoms with Gasteiger partial charge in [-0.25, -0.2) is 4.98 Å². The van der Waals surface area contributed by atoms with Gasteiger partial charge in [0.2, 0.25) is 17.7 Å². The number of fused-ring (bicyclic) bond motifs is 1. The van der Waals surface area contributed by atoms with E-state index in [1.807, 2.05) is 43.4 Å². The van der Waals surface area contributed by atoms with E-state index >= 15 is 0 Å². The summed E-state index contributed by atoms with van der Waals surface area (Å²) in [6.07, 6.45) is 3.92. The predicted octanol–water partition coefficient (Wildman–Crippen LogP) is 3.27. The van der Waals surface area contributed by atoms with Gasteiger partial charge in [-0.3, -0.25) is 14.4 Å². The van der Waals surface area contributed by atoms with Crippen LogP contribution in [0.1, 0.15) is 48.9 Å². The second-order valence-corrected chi connectivity index (χ2v) is 9.22. The van der Waals surface area contributed by atoms with E-state index in [1.165, 1.54) is 0 Å². The van der Waals surface area contributed by atoms with Crippen LogP contribution in [0.5, 0.6) is 0 Å². The van der Waals surface area contributed by atoms with Gasteiger partial charge in [-0.1, -0.05) is 12.1 Å². The van der Waals surface area contributed by atoms with E-state index in [2.05, 4.69) is 15.6 Å². The van der Waals surface area contributed by atoms with Crippen molar-refractivity contribution in [3.8, 4) is 11.5 Å². The second-order valence-electron chi connectivity index (χ2n) is 9.22. The van der Waals surface area contributed by atoms with Gasteiger partial charge in [-0.15, -0.1) is 0 Å². The molecule has 0 unspecified atom stereocenters. The molecule has 8 nitrogen and oxygen atoms in total. The molecule has 2 aliphatic rings. The van der Waals surface area contributed by atoms with Crippen LogP contribution in [0, 0.1) is 0 Å². The lowest BCUT2D eigenvalue weighted by molar-refractivity contribution is -0.122. The summed E-state index contributed by atoms with van der Waals surface area (Å²) in [5, 5.41) is 5.90. The highest BCUT2D eigenvalue weighted by Gasteiger charge is 2.32. The van der Waals surface area contributed by atoms with Crippen LogP contribution in [0.25, 0.3) is 22.6 Å². The predicted molar refractivity (Wildman–Crippen MR) is 127 cm³/mol. The van der Waals surface area contributed by atoms with Gasteiger partial charge in [0.1, 0.15) is 5.52 Å². The quantitative estimate of drug-likeness (QED) is 0.588. The molecule has 0 bridgehead atoms. The molecule has 8 heteroatoms. The minimum atomic E-state index is -0.0633. The van der Waals surface area contributed by atoms with E-state index in [-0.39, 0.29) is 35.8 Å². The summed E-state index contributed by atoms with van der Waals surface area (Å²) in [6.45, 7) is 0. The summed E-state index contributed by atoms with van der Waals surface area (Å²) in [6, 6.07) is 15.0. The van der Waals surface area contributed by atoms with E-state index in [9.17, 15) is 14.4 Å². The van der Waals surface area contributed by atoms with E-state index in [1.54, 1.807) is 17.0 Å². The molecule has 3 atom stereocenters. The Balaban J connectivity index is 1.16. The third kappa shape index (κ3) is 4.66. The Labute approximate surface area is 197 Å². The lowest BCUT2D eigenvalue weighted by atomic mass is 10.1. The first-order chi connectivity index (χ1) is 16.5. The Kier molecular flexibility index (Phi) is 6.04. The topological polar surface area (TPSA) is 105 Å². The molecule has 1 saturated carbocycles. The monoisotopic (exact) mass is 460 g/mol. The van der Waals surface area contributed by atoms with Crippen LogP contribution >= 0.6 is 0 Å². The number of oxazole rings is 1. The van der Waals surface area contributed by atoms with Crippen molar-refractivity contribution in [3.63, 3.8) is 0 Å². The molecule has 1 aliphatic carbocycles. The molecule has 0 radical (unpaired) electrons. The van der Waals surface area contributed by atoms with Gasteiger partial charge in [0.05, 0.1) is 0 Å². The van der Waals surface area contributed by atoms with Crippen molar-refractivity contribution in [1.29, 1.82) is 0 Å². The highest BCUT2D eigenvalue weighted by molar-refractivity contribution is 5.94. The Bertz CT molecular complexity index is 1190. The molecule has 5 rings (SSSR count). The summed E-state index contributed by atoms with van der Waals surface area (Å²) >= 11 is 0. The van der Waals surface area contributed by atoms with E-state index < -0.39 is 0 Å². The van der Waals surface area contributed by atoms with Crippen molar-refractivity contribution >= 4 is 28.8 Å². The fraction of sp³-hybridized carbons (Fsp3) is 0.385. The number of benzene rings is 2. The fourth-order valence-electron chi connectivity index (χ4n) is 4.90. The van der Waals surface area contributed by atoms with Crippen molar-refractivity contribution in [3.05, 3.63) is 54.1 Å². The lowest BCUT2D eigenvalue weighted by Gasteiger charge is -2.25. The van der Waals surface area contributed by atoms with Gasteiger partial charge in [0, 0.05) is 49.1 Å². The average Bonchev–Trinajstić information content (AvgIpc) is 3.58. The zero-order chi connectivity index (χ0) is 23.7. The lowest BCUT2D eigenvalue weighted by Crippen LogP contribution is -2.40. The minimum absolute atomic E-state index is 0.0146. The Morgan fingerprint density at radius 2 is 1.91 bits per heavy atom. The molecule has 0 spiro atoms. The molecule has 3 amide bonds. The highest BCUT2D eigenvalue weighted by Crippen LogP contribution is 2.27. The zero-order valence-electron chi connectivity index (χ0n) is 19.1. The third-order valence-electron chi connectivity index (χ3n) is 6.83. The number of carbonyl (C=O) groups excluding carboxylic acids is 3. The number of hydrogen-bond donors (Lipinski definition) is 2. The zero-order valence-corrected chi connectivity index (χ0v) is 19.1. The summed E-state index contributed by atoms with van der Waals surface area (Å²) < 4.78 is 5.81. The Morgan fingerprint density at radius 3 is 2.65 bits per heavy atom. The molecule has 2 aromatic carbocycles. The number of para-hydroxylation sites is 2. The van der Waals surface area contributed by atoms with Gasteiger partial charge < -0.3 is 20.0 Å². The molecule has 1 aromatic heterocycles. The second kappa shape index (κ2) is 9.29. The molecule has 2 fully saturated rings. The van der Waals surface area contributed by atoms with Crippen LogP contribution < -0.4 is 10.6 Å². The molecule has 1 saturated heterocycles. The smallest absolute Gasteiger partial charge is 0.253 e. The van der Waals surface area contributed by atoms with Gasteiger partial charge >= 0.3 is 0 Å². The molecular weight excluding hydrogens is 432 g/mol.